The van der Waals surface area contributed by atoms with Gasteiger partial charge in [-0.15, -0.1) is 0 Å². The standard InChI is InChI=1S/C44H48GeNO3P/c1-9-48-50(47,49-10-2)44-45(40-30(5)24-28(3)25-31(40)6,41-32(7)26-29(4)27-33(41)8)42(43(46-44)34-18-12-11-13-19-34)39-37-22-16-14-20-35(37)36-21-15-17-23-38(36)39/h11-27,43-44,46H,9-10H2,1-8H3/t43-,44+/m1/s1. The first-order valence-corrected chi connectivity index (χ1v) is 23.8. The maximum absolute atomic E-state index is 15.9. The molecule has 0 aromatic heterocycles. The van der Waals surface area contributed by atoms with Gasteiger partial charge in [0.25, 0.3) is 0 Å². The zero-order chi connectivity index (χ0) is 35.4. The molecular weight excluding hydrogens is 694 g/mol. The Kier molecular flexibility index (Phi) is 9.47. The van der Waals surface area contributed by atoms with E-state index in [1.165, 1.54) is 74.4 Å². The van der Waals surface area contributed by atoms with Crippen LogP contribution in [0.5, 0.6) is 0 Å². The van der Waals surface area contributed by atoms with Gasteiger partial charge in [0.15, 0.2) is 0 Å². The molecule has 0 unspecified atom stereocenters. The van der Waals surface area contributed by atoms with Gasteiger partial charge in [0.1, 0.15) is 0 Å². The van der Waals surface area contributed by atoms with Crippen molar-refractivity contribution in [2.45, 2.75) is 66.0 Å². The summed E-state index contributed by atoms with van der Waals surface area (Å²) in [6, 6.07) is 37.5. The summed E-state index contributed by atoms with van der Waals surface area (Å²) in [6.07, 6.45) is 0. The fraction of sp³-hybridized carbons (Fsp3) is 0.273. The molecule has 2 aliphatic rings. The van der Waals surface area contributed by atoms with E-state index >= 15 is 4.57 Å². The van der Waals surface area contributed by atoms with Crippen LogP contribution in [0, 0.1) is 41.5 Å². The van der Waals surface area contributed by atoms with E-state index in [9.17, 15) is 0 Å². The van der Waals surface area contributed by atoms with Crippen LogP contribution in [0.2, 0.25) is 0 Å². The normalized spacial score (nSPS) is 18.0. The van der Waals surface area contributed by atoms with Crippen LogP contribution in [0.4, 0.5) is 0 Å². The molecule has 0 radical (unpaired) electrons. The fourth-order valence-electron chi connectivity index (χ4n) is 9.44. The second-order valence-electron chi connectivity index (χ2n) is 14.0. The van der Waals surface area contributed by atoms with Gasteiger partial charge in [-0.1, -0.05) is 0 Å². The van der Waals surface area contributed by atoms with Gasteiger partial charge < -0.3 is 0 Å². The monoisotopic (exact) mass is 743 g/mol. The quantitative estimate of drug-likeness (QED) is 0.125. The first kappa shape index (κ1) is 34.9. The van der Waals surface area contributed by atoms with E-state index in [2.05, 4.69) is 150 Å². The molecule has 0 amide bonds. The number of fused-ring (bicyclic) bond motifs is 3. The van der Waals surface area contributed by atoms with Crippen molar-refractivity contribution < 1.29 is 13.6 Å². The molecule has 1 aliphatic heterocycles. The second kappa shape index (κ2) is 13.6. The van der Waals surface area contributed by atoms with Gasteiger partial charge in [-0.3, -0.25) is 0 Å². The van der Waals surface area contributed by atoms with Crippen LogP contribution in [0.15, 0.2) is 108 Å². The van der Waals surface area contributed by atoms with Crippen molar-refractivity contribution in [3.05, 3.63) is 158 Å². The number of hydrogen-bond donors (Lipinski definition) is 1. The SMILES string of the molecule is CCOP(=O)(OCC)[C@@H]1N[C@H](c2ccccc2)[C](=C2c3ccccc3-c3ccccc32)[Ge]1([c]1c(C)cc(C)cc1C)[c]1c(C)cc(C)cc1C. The molecule has 1 saturated heterocycles. The van der Waals surface area contributed by atoms with E-state index in [4.69, 9.17) is 9.05 Å². The number of rotatable bonds is 8. The minimum absolute atomic E-state index is 0.232. The minimum atomic E-state index is -4.35. The van der Waals surface area contributed by atoms with Crippen LogP contribution in [0.25, 0.3) is 16.7 Å². The molecule has 6 heteroatoms. The number of aryl methyl sites for hydroxylation is 6. The third-order valence-electron chi connectivity index (χ3n) is 10.6. The molecule has 50 heavy (non-hydrogen) atoms. The molecule has 1 heterocycles. The van der Waals surface area contributed by atoms with Gasteiger partial charge in [0.2, 0.25) is 0 Å². The van der Waals surface area contributed by atoms with Crippen molar-refractivity contribution in [2.75, 3.05) is 13.2 Å². The molecule has 2 atom stereocenters. The summed E-state index contributed by atoms with van der Waals surface area (Å²) < 4.78 is 32.4. The Hall–Kier alpha value is -3.51. The van der Waals surface area contributed by atoms with Crippen LogP contribution in [-0.4, -0.2) is 31.1 Å². The van der Waals surface area contributed by atoms with Crippen LogP contribution >= 0.6 is 7.60 Å². The van der Waals surface area contributed by atoms with E-state index in [1.807, 2.05) is 13.8 Å². The summed E-state index contributed by atoms with van der Waals surface area (Å²) in [4.78, 5) is 0. The maximum atomic E-state index is 15.9. The number of hydrogen-bond acceptors (Lipinski definition) is 4. The molecule has 0 saturated carbocycles. The Morgan fingerprint density at radius 2 is 1.00 bits per heavy atom. The van der Waals surface area contributed by atoms with E-state index in [-0.39, 0.29) is 6.04 Å². The molecule has 5 aromatic carbocycles. The zero-order valence-corrected chi connectivity index (χ0v) is 33.5. The molecular formula is C44H48GeNO3P. The first-order chi connectivity index (χ1) is 24.1. The zero-order valence-electron chi connectivity index (χ0n) is 30.6. The Labute approximate surface area is 300 Å². The average molecular weight is 742 g/mol. The van der Waals surface area contributed by atoms with E-state index in [1.54, 1.807) is 0 Å². The fourth-order valence-corrected chi connectivity index (χ4v) is 30.3. The first-order valence-electron chi connectivity index (χ1n) is 17.9. The molecule has 256 valence electrons. The molecule has 1 aliphatic carbocycles. The predicted molar refractivity (Wildman–Crippen MR) is 211 cm³/mol. The summed E-state index contributed by atoms with van der Waals surface area (Å²) in [7, 11) is -3.79. The molecule has 0 bridgehead atoms. The van der Waals surface area contributed by atoms with Crippen LogP contribution in [0.1, 0.15) is 70.0 Å². The van der Waals surface area contributed by atoms with Crippen molar-refractivity contribution in [2.24, 2.45) is 0 Å². The van der Waals surface area contributed by atoms with Crippen LogP contribution in [-0.2, 0) is 13.6 Å². The third-order valence-corrected chi connectivity index (χ3v) is 28.2. The van der Waals surface area contributed by atoms with Crippen molar-refractivity contribution >= 4 is 35.2 Å². The van der Waals surface area contributed by atoms with E-state index < -0.39 is 25.5 Å². The van der Waals surface area contributed by atoms with Gasteiger partial charge in [-0.25, -0.2) is 0 Å². The summed E-state index contributed by atoms with van der Waals surface area (Å²) in [6.45, 7) is 17.8. The molecule has 5 aromatic rings. The topological polar surface area (TPSA) is 47.6 Å². The molecule has 0 spiro atoms. The van der Waals surface area contributed by atoms with Gasteiger partial charge in [0.05, 0.1) is 0 Å². The van der Waals surface area contributed by atoms with Gasteiger partial charge in [0, 0.05) is 0 Å². The molecule has 7 rings (SSSR count). The Morgan fingerprint density at radius 1 is 0.600 bits per heavy atom. The van der Waals surface area contributed by atoms with Crippen molar-refractivity contribution in [3.8, 4) is 11.1 Å². The Bertz CT molecular complexity index is 2030. The van der Waals surface area contributed by atoms with Gasteiger partial charge >= 0.3 is 302 Å². The predicted octanol–water partition coefficient (Wildman–Crippen LogP) is 9.60. The summed E-state index contributed by atoms with van der Waals surface area (Å²) in [5.41, 5.74) is 14.8. The Balaban J connectivity index is 1.80. The summed E-state index contributed by atoms with van der Waals surface area (Å²) in [5.74, 6) is 0. The molecule has 1 fully saturated rings. The van der Waals surface area contributed by atoms with Crippen molar-refractivity contribution in [3.63, 3.8) is 0 Å². The summed E-state index contributed by atoms with van der Waals surface area (Å²) in [5, 5.41) is 4.14. The van der Waals surface area contributed by atoms with Gasteiger partial charge in [-0.2, -0.15) is 0 Å². The molecule has 1 N–H and O–H groups in total. The van der Waals surface area contributed by atoms with Crippen LogP contribution < -0.4 is 14.1 Å². The summed E-state index contributed by atoms with van der Waals surface area (Å²) >= 11 is -4.35. The van der Waals surface area contributed by atoms with E-state index in [0.29, 0.717) is 13.2 Å². The van der Waals surface area contributed by atoms with Crippen LogP contribution in [0.3, 0.4) is 0 Å². The van der Waals surface area contributed by atoms with Gasteiger partial charge in [-0.05, 0) is 0 Å². The Morgan fingerprint density at radius 3 is 1.42 bits per heavy atom. The average Bonchev–Trinajstić information content (AvgIpc) is 3.58. The van der Waals surface area contributed by atoms with Crippen molar-refractivity contribution in [1.29, 1.82) is 0 Å². The third kappa shape index (κ3) is 5.43. The number of nitrogens with one attached hydrogen (secondary N) is 1. The second-order valence-corrected chi connectivity index (χ2v) is 25.0. The number of benzene rings is 5. The van der Waals surface area contributed by atoms with E-state index in [0.717, 1.165) is 5.56 Å². The van der Waals surface area contributed by atoms with Crippen molar-refractivity contribution in [1.82, 2.24) is 5.32 Å². The molecule has 4 nitrogen and oxygen atoms in total.